The van der Waals surface area contributed by atoms with Crippen LogP contribution in [0.4, 0.5) is 5.69 Å². The molecular weight excluding hydrogens is 739 g/mol. The number of carbonyl (C=O) groups is 2. The van der Waals surface area contributed by atoms with Crippen molar-refractivity contribution in [3.63, 3.8) is 0 Å². The zero-order chi connectivity index (χ0) is 39.5. The number of carboxylic acids is 1. The third kappa shape index (κ3) is 6.83. The lowest BCUT2D eigenvalue weighted by molar-refractivity contribution is 0.0687. The quantitative estimate of drug-likeness (QED) is 0.124. The van der Waals surface area contributed by atoms with Crippen molar-refractivity contribution in [1.29, 1.82) is 0 Å². The minimum atomic E-state index is -1.05. The fourth-order valence-electron chi connectivity index (χ4n) is 7.97. The van der Waals surface area contributed by atoms with Crippen LogP contribution in [0.2, 0.25) is 10.0 Å². The highest BCUT2D eigenvalue weighted by Gasteiger charge is 2.35. The van der Waals surface area contributed by atoms with Gasteiger partial charge in [-0.05, 0) is 102 Å². The van der Waals surface area contributed by atoms with Gasteiger partial charge in [0, 0.05) is 72.4 Å². The van der Waals surface area contributed by atoms with Crippen molar-refractivity contribution in [1.82, 2.24) is 23.8 Å². The first-order chi connectivity index (χ1) is 26.2. The molecule has 0 atom stereocenters. The maximum Gasteiger partial charge on any atom is 0.352 e. The molecule has 1 N–H and O–H groups in total. The summed E-state index contributed by atoms with van der Waals surface area (Å²) in [5.41, 5.74) is 9.26. The Kier molecular flexibility index (Phi) is 10.4. The summed E-state index contributed by atoms with van der Waals surface area (Å²) in [6.07, 6.45) is 1.20. The van der Waals surface area contributed by atoms with Crippen LogP contribution in [-0.2, 0) is 27.1 Å². The smallest absolute Gasteiger partial charge is 0.352 e. The molecule has 6 aromatic rings. The number of benzene rings is 3. The average molecular weight is 786 g/mol. The standard InChI is InChI=1S/C42H46Cl2N6O5/c1-23-18-28(19-24(2)37(23)44)54-16-9-10-30-31-11-12-32(43)36(35-25(3)45-48(8)26(35)4)39(31)50-14-13-49(41(51)40(30)50)33-22-29(55-17-15-46(5)6)20-27-21-34(42(52)53)47(7)38(27)33/h11-12,18-22H,9-10,13-17H2,1-8H3,(H,52,53). The Hall–Kier alpha value is -4.97. The number of hydrogen-bond donors (Lipinski definition) is 1. The summed E-state index contributed by atoms with van der Waals surface area (Å²) >= 11 is 13.5. The van der Waals surface area contributed by atoms with Gasteiger partial charge in [0.2, 0.25) is 0 Å². The first-order valence-electron chi connectivity index (χ1n) is 18.4. The second-order valence-electron chi connectivity index (χ2n) is 14.7. The van der Waals surface area contributed by atoms with E-state index >= 15 is 4.79 Å². The lowest BCUT2D eigenvalue weighted by atomic mass is 9.98. The highest BCUT2D eigenvalue weighted by Crippen LogP contribution is 2.44. The van der Waals surface area contributed by atoms with Crippen LogP contribution in [-0.4, -0.2) is 81.2 Å². The zero-order valence-corrected chi connectivity index (χ0v) is 34.0. The van der Waals surface area contributed by atoms with E-state index in [4.69, 9.17) is 37.8 Å². The number of anilines is 1. The van der Waals surface area contributed by atoms with E-state index in [1.54, 1.807) is 22.6 Å². The van der Waals surface area contributed by atoms with Crippen LogP contribution in [0, 0.1) is 27.7 Å². The molecule has 1 aliphatic rings. The van der Waals surface area contributed by atoms with Gasteiger partial charge >= 0.3 is 5.97 Å². The number of aromatic nitrogens is 4. The van der Waals surface area contributed by atoms with Gasteiger partial charge < -0.3 is 33.5 Å². The predicted molar refractivity (Wildman–Crippen MR) is 219 cm³/mol. The Labute approximate surface area is 330 Å². The van der Waals surface area contributed by atoms with Gasteiger partial charge in [-0.3, -0.25) is 9.48 Å². The van der Waals surface area contributed by atoms with Crippen LogP contribution in [0.15, 0.2) is 42.5 Å². The first-order valence-corrected chi connectivity index (χ1v) is 19.1. The summed E-state index contributed by atoms with van der Waals surface area (Å²) in [4.78, 5) is 31.3. The predicted octanol–water partition coefficient (Wildman–Crippen LogP) is 8.38. The molecule has 0 saturated heterocycles. The lowest BCUT2D eigenvalue weighted by Crippen LogP contribution is -2.41. The van der Waals surface area contributed by atoms with Crippen LogP contribution in [0.25, 0.3) is 32.9 Å². The highest BCUT2D eigenvalue weighted by molar-refractivity contribution is 6.35. The molecule has 0 saturated carbocycles. The molecule has 0 bridgehead atoms. The number of aromatic carboxylic acids is 1. The minimum Gasteiger partial charge on any atom is -0.494 e. The molecule has 0 spiro atoms. The van der Waals surface area contributed by atoms with Gasteiger partial charge in [0.15, 0.2) is 0 Å². The number of aryl methyl sites for hydroxylation is 6. The molecule has 0 aliphatic carbocycles. The molecule has 0 fully saturated rings. The number of rotatable bonds is 12. The number of carboxylic acid groups (broad SMARTS) is 1. The summed E-state index contributed by atoms with van der Waals surface area (Å²) in [5, 5.41) is 17.7. The molecule has 0 radical (unpaired) electrons. The third-order valence-electron chi connectivity index (χ3n) is 10.7. The number of nitrogens with zero attached hydrogens (tertiary/aromatic N) is 6. The van der Waals surface area contributed by atoms with Crippen LogP contribution < -0.4 is 14.4 Å². The SMILES string of the molecule is Cc1cc(OCCCc2c3n(c4c(-c5c(C)nn(C)c5C)c(Cl)ccc24)CCN(c2cc(OCCN(C)C)cc4cc(C(=O)O)n(C)c24)C3=O)cc(C)c1Cl. The number of fused-ring (bicyclic) bond motifs is 4. The summed E-state index contributed by atoms with van der Waals surface area (Å²) in [5.74, 6) is 0.0759. The molecule has 0 unspecified atom stereocenters. The number of likely N-dealkylation sites (N-methyl/N-ethyl adjacent to an activating group) is 1. The van der Waals surface area contributed by atoms with E-state index in [1.807, 2.05) is 94.8 Å². The van der Waals surface area contributed by atoms with Gasteiger partial charge in [0.1, 0.15) is 29.5 Å². The van der Waals surface area contributed by atoms with Crippen molar-refractivity contribution in [2.24, 2.45) is 14.1 Å². The van der Waals surface area contributed by atoms with E-state index in [0.717, 1.165) is 60.9 Å². The largest absolute Gasteiger partial charge is 0.494 e. The molecule has 13 heteroatoms. The van der Waals surface area contributed by atoms with Gasteiger partial charge in [-0.25, -0.2) is 4.79 Å². The molecular formula is C42H46Cl2N6O5. The first kappa shape index (κ1) is 38.3. The Morgan fingerprint density at radius 3 is 2.25 bits per heavy atom. The normalized spacial score (nSPS) is 13.1. The second kappa shape index (κ2) is 14.9. The van der Waals surface area contributed by atoms with Crippen molar-refractivity contribution in [2.45, 2.75) is 47.1 Å². The summed E-state index contributed by atoms with van der Waals surface area (Å²) in [6, 6.07) is 13.1. The maximum atomic E-state index is 15.2. The molecule has 1 aliphatic heterocycles. The minimum absolute atomic E-state index is 0.119. The molecule has 4 heterocycles. The summed E-state index contributed by atoms with van der Waals surface area (Å²) < 4.78 is 18.0. The zero-order valence-electron chi connectivity index (χ0n) is 32.5. The monoisotopic (exact) mass is 784 g/mol. The molecule has 288 valence electrons. The molecule has 7 rings (SSSR count). The second-order valence-corrected chi connectivity index (χ2v) is 15.5. The maximum absolute atomic E-state index is 15.2. The van der Waals surface area contributed by atoms with E-state index < -0.39 is 5.97 Å². The number of halogens is 2. The average Bonchev–Trinajstić information content (AvgIpc) is 3.73. The van der Waals surface area contributed by atoms with E-state index in [2.05, 4.69) is 4.57 Å². The fraction of sp³-hybridized carbons (Fsp3) is 0.357. The highest BCUT2D eigenvalue weighted by atomic mass is 35.5. The van der Waals surface area contributed by atoms with Gasteiger partial charge in [-0.2, -0.15) is 5.10 Å². The molecule has 3 aromatic heterocycles. The Balaban J connectivity index is 1.36. The molecule has 11 nitrogen and oxygen atoms in total. The van der Waals surface area contributed by atoms with E-state index in [1.165, 1.54) is 0 Å². The van der Waals surface area contributed by atoms with Crippen LogP contribution in [0.5, 0.6) is 11.5 Å². The number of amides is 1. The summed E-state index contributed by atoms with van der Waals surface area (Å²) in [6.45, 7) is 10.3. The van der Waals surface area contributed by atoms with Crippen molar-refractivity contribution in [2.75, 3.05) is 45.3 Å². The van der Waals surface area contributed by atoms with Crippen molar-refractivity contribution < 1.29 is 24.2 Å². The van der Waals surface area contributed by atoms with Crippen molar-refractivity contribution >= 4 is 62.6 Å². The molecule has 3 aromatic carbocycles. The van der Waals surface area contributed by atoms with Gasteiger partial charge in [0.05, 0.1) is 34.0 Å². The van der Waals surface area contributed by atoms with Crippen LogP contribution in [0.1, 0.15) is 55.5 Å². The number of carbonyl (C=O) groups excluding carboxylic acids is 1. The topological polar surface area (TPSA) is 107 Å². The number of ether oxygens (including phenoxy) is 2. The Morgan fingerprint density at radius 1 is 0.909 bits per heavy atom. The number of hydrogen-bond acceptors (Lipinski definition) is 6. The van der Waals surface area contributed by atoms with E-state index in [9.17, 15) is 9.90 Å². The van der Waals surface area contributed by atoms with Gasteiger partial charge in [-0.1, -0.05) is 29.3 Å². The van der Waals surface area contributed by atoms with Gasteiger partial charge in [-0.15, -0.1) is 0 Å². The molecule has 1 amide bonds. The molecule has 55 heavy (non-hydrogen) atoms. The van der Waals surface area contributed by atoms with E-state index in [0.29, 0.717) is 78.7 Å². The Bertz CT molecular complexity index is 2490. The lowest BCUT2D eigenvalue weighted by Gasteiger charge is -2.31. The van der Waals surface area contributed by atoms with Crippen LogP contribution >= 0.6 is 23.2 Å². The third-order valence-corrected chi connectivity index (χ3v) is 11.6. The van der Waals surface area contributed by atoms with E-state index in [-0.39, 0.29) is 11.6 Å². The van der Waals surface area contributed by atoms with Gasteiger partial charge in [0.25, 0.3) is 5.91 Å². The van der Waals surface area contributed by atoms with Crippen LogP contribution in [0.3, 0.4) is 0 Å². The Morgan fingerprint density at radius 2 is 1.60 bits per heavy atom. The van der Waals surface area contributed by atoms with Crippen molar-refractivity contribution in [3.05, 3.63) is 92.0 Å². The van der Waals surface area contributed by atoms with Crippen molar-refractivity contribution in [3.8, 4) is 22.6 Å². The summed E-state index contributed by atoms with van der Waals surface area (Å²) in [7, 11) is 7.58. The fourth-order valence-corrected chi connectivity index (χ4v) is 8.33.